The van der Waals surface area contributed by atoms with Crippen LogP contribution >= 0.6 is 11.6 Å². The first-order valence-electron chi connectivity index (χ1n) is 6.31. The van der Waals surface area contributed by atoms with Gasteiger partial charge in [0.2, 0.25) is 0 Å². The second-order valence-corrected chi connectivity index (χ2v) is 5.55. The molecule has 0 spiro atoms. The Labute approximate surface area is 116 Å². The second kappa shape index (κ2) is 5.35. The minimum absolute atomic E-state index is 0.0566. The number of hydrogen-bond acceptors (Lipinski definition) is 4. The highest BCUT2D eigenvalue weighted by molar-refractivity contribution is 6.33. The Hall–Kier alpha value is -1.33. The minimum atomic E-state index is -0.490. The number of nitrogens with zero attached hydrogens (tertiary/aromatic N) is 1. The summed E-state index contributed by atoms with van der Waals surface area (Å²) in [6.07, 6.45) is 3.95. The summed E-state index contributed by atoms with van der Waals surface area (Å²) in [5, 5.41) is 23.8. The molecule has 104 valence electrons. The van der Waals surface area contributed by atoms with Gasteiger partial charge in [0.05, 0.1) is 17.1 Å². The number of aliphatic hydroxyl groups is 1. The van der Waals surface area contributed by atoms with Gasteiger partial charge in [0, 0.05) is 11.8 Å². The first-order chi connectivity index (χ1) is 8.97. The molecule has 0 heterocycles. The number of rotatable bonds is 4. The smallest absolute Gasteiger partial charge is 0.288 e. The average Bonchev–Trinajstić information content (AvgIpc) is 2.82. The molecule has 2 N–H and O–H groups in total. The quantitative estimate of drug-likeness (QED) is 0.657. The van der Waals surface area contributed by atoms with Crippen molar-refractivity contribution in [3.63, 3.8) is 0 Å². The van der Waals surface area contributed by atoms with Crippen molar-refractivity contribution >= 4 is 23.0 Å². The lowest BCUT2D eigenvalue weighted by atomic mass is 9.97. The highest BCUT2D eigenvalue weighted by atomic mass is 35.5. The van der Waals surface area contributed by atoms with E-state index >= 15 is 0 Å². The fraction of sp³-hybridized carbons (Fsp3) is 0.538. The summed E-state index contributed by atoms with van der Waals surface area (Å²) in [5.41, 5.74) is 1.11. The Kier molecular flexibility index (Phi) is 3.96. The van der Waals surface area contributed by atoms with E-state index in [0.29, 0.717) is 0 Å². The molecule has 0 amide bonds. The molecule has 0 atom stereocenters. The number of nitrogens with one attached hydrogen (secondary N) is 1. The zero-order valence-corrected chi connectivity index (χ0v) is 11.5. The fourth-order valence-corrected chi connectivity index (χ4v) is 2.83. The molecule has 2 rings (SSSR count). The van der Waals surface area contributed by atoms with Crippen LogP contribution in [0, 0.1) is 17.0 Å². The molecule has 0 bridgehead atoms. The van der Waals surface area contributed by atoms with E-state index in [4.69, 9.17) is 11.6 Å². The third-order valence-electron chi connectivity index (χ3n) is 3.75. The summed E-state index contributed by atoms with van der Waals surface area (Å²) in [4.78, 5) is 10.3. The van der Waals surface area contributed by atoms with Gasteiger partial charge < -0.3 is 10.4 Å². The van der Waals surface area contributed by atoms with Gasteiger partial charge >= 0.3 is 0 Å². The molecule has 1 aliphatic carbocycles. The third kappa shape index (κ3) is 2.82. The molecule has 1 fully saturated rings. The molecule has 6 heteroatoms. The fourth-order valence-electron chi connectivity index (χ4n) is 2.60. The molecule has 5 nitrogen and oxygen atoms in total. The van der Waals surface area contributed by atoms with E-state index in [-0.39, 0.29) is 22.9 Å². The lowest BCUT2D eigenvalue weighted by Crippen LogP contribution is -2.39. The van der Waals surface area contributed by atoms with E-state index in [0.717, 1.165) is 36.9 Å². The SMILES string of the molecule is Cc1cc([N+](=O)[O-])c(Cl)cc1NC1(CO)CCCC1. The number of benzene rings is 1. The van der Waals surface area contributed by atoms with Crippen LogP contribution in [0.3, 0.4) is 0 Å². The van der Waals surface area contributed by atoms with Crippen molar-refractivity contribution in [3.05, 3.63) is 32.8 Å². The summed E-state index contributed by atoms with van der Waals surface area (Å²) in [5.74, 6) is 0. The molecule has 0 aliphatic heterocycles. The number of halogens is 1. The van der Waals surface area contributed by atoms with E-state index in [1.807, 2.05) is 0 Å². The topological polar surface area (TPSA) is 75.4 Å². The molecule has 1 aromatic rings. The van der Waals surface area contributed by atoms with Crippen LogP contribution < -0.4 is 5.32 Å². The largest absolute Gasteiger partial charge is 0.394 e. The van der Waals surface area contributed by atoms with Crippen molar-refractivity contribution in [1.82, 2.24) is 0 Å². The molecule has 1 aromatic carbocycles. The van der Waals surface area contributed by atoms with Crippen LogP contribution in [0.25, 0.3) is 0 Å². The van der Waals surface area contributed by atoms with Gasteiger partial charge in [0.25, 0.3) is 5.69 Å². The third-order valence-corrected chi connectivity index (χ3v) is 4.06. The van der Waals surface area contributed by atoms with Crippen LogP contribution in [0.1, 0.15) is 31.2 Å². The Morgan fingerprint density at radius 3 is 2.63 bits per heavy atom. The summed E-state index contributed by atoms with van der Waals surface area (Å²) in [6.45, 7) is 1.85. The predicted molar refractivity (Wildman–Crippen MR) is 74.8 cm³/mol. The maximum absolute atomic E-state index is 10.8. The summed E-state index contributed by atoms with van der Waals surface area (Å²) in [7, 11) is 0. The number of hydrogen-bond donors (Lipinski definition) is 2. The summed E-state index contributed by atoms with van der Waals surface area (Å²) in [6, 6.07) is 3.04. The van der Waals surface area contributed by atoms with Gasteiger partial charge in [-0.05, 0) is 31.4 Å². The predicted octanol–water partition coefficient (Wildman–Crippen LogP) is 3.27. The normalized spacial score (nSPS) is 17.4. The van der Waals surface area contributed by atoms with Gasteiger partial charge in [-0.25, -0.2) is 0 Å². The number of aryl methyl sites for hydroxylation is 1. The van der Waals surface area contributed by atoms with E-state index in [1.54, 1.807) is 13.0 Å². The monoisotopic (exact) mass is 284 g/mol. The standard InChI is InChI=1S/C13H17ClN2O3/c1-9-6-12(16(18)19)10(14)7-11(9)15-13(8-17)4-2-3-5-13/h6-7,15,17H,2-5,8H2,1H3. The maximum atomic E-state index is 10.8. The minimum Gasteiger partial charge on any atom is -0.394 e. The number of aliphatic hydroxyl groups excluding tert-OH is 1. The van der Waals surface area contributed by atoms with Crippen molar-refractivity contribution in [2.24, 2.45) is 0 Å². The molecule has 0 radical (unpaired) electrons. The molecule has 19 heavy (non-hydrogen) atoms. The molecule has 0 saturated heterocycles. The van der Waals surface area contributed by atoms with Crippen molar-refractivity contribution in [3.8, 4) is 0 Å². The van der Waals surface area contributed by atoms with Crippen LogP contribution in [-0.2, 0) is 0 Å². The zero-order chi connectivity index (χ0) is 14.0. The van der Waals surface area contributed by atoms with Crippen LogP contribution in [0.4, 0.5) is 11.4 Å². The Balaban J connectivity index is 2.30. The average molecular weight is 285 g/mol. The van der Waals surface area contributed by atoms with Crippen LogP contribution in [-0.4, -0.2) is 22.2 Å². The first-order valence-corrected chi connectivity index (χ1v) is 6.69. The van der Waals surface area contributed by atoms with Gasteiger partial charge in [0.1, 0.15) is 5.02 Å². The lowest BCUT2D eigenvalue weighted by molar-refractivity contribution is -0.384. The molecule has 0 aromatic heterocycles. The molecular weight excluding hydrogens is 268 g/mol. The molecular formula is C13H17ClN2O3. The highest BCUT2D eigenvalue weighted by Crippen LogP contribution is 2.36. The van der Waals surface area contributed by atoms with E-state index in [2.05, 4.69) is 5.32 Å². The highest BCUT2D eigenvalue weighted by Gasteiger charge is 2.33. The van der Waals surface area contributed by atoms with Crippen molar-refractivity contribution in [2.75, 3.05) is 11.9 Å². The Bertz CT molecular complexity index is 499. The van der Waals surface area contributed by atoms with Gasteiger partial charge in [-0.2, -0.15) is 0 Å². The van der Waals surface area contributed by atoms with Crippen molar-refractivity contribution < 1.29 is 10.0 Å². The van der Waals surface area contributed by atoms with Crippen LogP contribution in [0.5, 0.6) is 0 Å². The first kappa shape index (κ1) is 14.1. The van der Waals surface area contributed by atoms with E-state index in [1.165, 1.54) is 6.07 Å². The van der Waals surface area contributed by atoms with Gasteiger partial charge in [0.15, 0.2) is 0 Å². The maximum Gasteiger partial charge on any atom is 0.288 e. The van der Waals surface area contributed by atoms with Crippen LogP contribution in [0.2, 0.25) is 5.02 Å². The lowest BCUT2D eigenvalue weighted by Gasteiger charge is -2.30. The summed E-state index contributed by atoms with van der Waals surface area (Å²) < 4.78 is 0. The summed E-state index contributed by atoms with van der Waals surface area (Å²) >= 11 is 5.93. The van der Waals surface area contributed by atoms with E-state index < -0.39 is 4.92 Å². The van der Waals surface area contributed by atoms with Gasteiger partial charge in [-0.1, -0.05) is 24.4 Å². The Morgan fingerprint density at radius 2 is 2.11 bits per heavy atom. The van der Waals surface area contributed by atoms with Gasteiger partial charge in [-0.3, -0.25) is 10.1 Å². The van der Waals surface area contributed by atoms with Crippen molar-refractivity contribution in [2.45, 2.75) is 38.1 Å². The van der Waals surface area contributed by atoms with Gasteiger partial charge in [-0.15, -0.1) is 0 Å². The molecule has 0 unspecified atom stereocenters. The molecule has 1 saturated carbocycles. The Morgan fingerprint density at radius 1 is 1.47 bits per heavy atom. The second-order valence-electron chi connectivity index (χ2n) is 5.15. The van der Waals surface area contributed by atoms with E-state index in [9.17, 15) is 15.2 Å². The van der Waals surface area contributed by atoms with Crippen LogP contribution in [0.15, 0.2) is 12.1 Å². The number of anilines is 1. The van der Waals surface area contributed by atoms with Crippen molar-refractivity contribution in [1.29, 1.82) is 0 Å². The number of nitro groups is 1. The number of nitro benzene ring substituents is 1. The zero-order valence-electron chi connectivity index (χ0n) is 10.8. The molecule has 1 aliphatic rings.